The summed E-state index contributed by atoms with van der Waals surface area (Å²) in [5, 5.41) is 4.75. The molecule has 0 unspecified atom stereocenters. The van der Waals surface area contributed by atoms with Crippen LogP contribution in [0.15, 0.2) is 18.2 Å². The third kappa shape index (κ3) is 6.89. The summed E-state index contributed by atoms with van der Waals surface area (Å²) >= 11 is 11.8. The summed E-state index contributed by atoms with van der Waals surface area (Å²) in [7, 11) is 1.74. The Morgan fingerprint density at radius 1 is 1.06 bits per heavy atom. The van der Waals surface area contributed by atoms with E-state index < -0.39 is 0 Å². The van der Waals surface area contributed by atoms with Crippen molar-refractivity contribution in [2.45, 2.75) is 25.8 Å². The predicted molar refractivity (Wildman–Crippen MR) is 73.9 cm³/mol. The zero-order valence-corrected chi connectivity index (χ0v) is 11.7. The monoisotopic (exact) mass is 275 g/mol. The van der Waals surface area contributed by atoms with Crippen molar-refractivity contribution in [2.24, 2.45) is 0 Å². The first kappa shape index (κ1) is 14.8. The van der Waals surface area contributed by atoms with Gasteiger partial charge in [0.2, 0.25) is 0 Å². The first-order valence-corrected chi connectivity index (χ1v) is 6.62. The van der Waals surface area contributed by atoms with Crippen molar-refractivity contribution in [3.05, 3.63) is 33.8 Å². The third-order valence-electron chi connectivity index (χ3n) is 2.45. The van der Waals surface area contributed by atoms with Crippen molar-refractivity contribution in [3.8, 4) is 0 Å². The number of ether oxygens (including phenoxy) is 1. The van der Waals surface area contributed by atoms with E-state index in [1.54, 1.807) is 13.2 Å². The zero-order valence-electron chi connectivity index (χ0n) is 10.1. The van der Waals surface area contributed by atoms with Gasteiger partial charge in [-0.3, -0.25) is 0 Å². The van der Waals surface area contributed by atoms with E-state index in [0.29, 0.717) is 10.0 Å². The molecule has 17 heavy (non-hydrogen) atoms. The predicted octanol–water partition coefficient (Wildman–Crippen LogP) is 3.90. The molecular formula is C13H19Cl2NO. The maximum atomic E-state index is 5.92. The smallest absolute Gasteiger partial charge is 0.0462 e. The average molecular weight is 276 g/mol. The minimum atomic E-state index is 0.689. The van der Waals surface area contributed by atoms with Gasteiger partial charge in [-0.25, -0.2) is 0 Å². The summed E-state index contributed by atoms with van der Waals surface area (Å²) in [6.07, 6.45) is 3.48. The summed E-state index contributed by atoms with van der Waals surface area (Å²) < 4.78 is 4.99. The van der Waals surface area contributed by atoms with Crippen LogP contribution in [-0.2, 0) is 11.3 Å². The highest BCUT2D eigenvalue weighted by Gasteiger charge is 1.98. The SMILES string of the molecule is COCCCCCNCc1cc(Cl)cc(Cl)c1. The molecule has 0 bridgehead atoms. The number of rotatable bonds is 8. The lowest BCUT2D eigenvalue weighted by molar-refractivity contribution is 0.192. The van der Waals surface area contributed by atoms with Crippen molar-refractivity contribution in [3.63, 3.8) is 0 Å². The molecule has 1 rings (SSSR count). The van der Waals surface area contributed by atoms with Crippen molar-refractivity contribution in [1.82, 2.24) is 5.32 Å². The van der Waals surface area contributed by atoms with E-state index >= 15 is 0 Å². The molecule has 0 saturated heterocycles. The van der Waals surface area contributed by atoms with Crippen LogP contribution in [0.3, 0.4) is 0 Å². The van der Waals surface area contributed by atoms with Gasteiger partial charge >= 0.3 is 0 Å². The largest absolute Gasteiger partial charge is 0.385 e. The molecule has 0 heterocycles. The number of hydrogen-bond donors (Lipinski definition) is 1. The molecule has 0 radical (unpaired) electrons. The van der Waals surface area contributed by atoms with E-state index in [2.05, 4.69) is 5.32 Å². The van der Waals surface area contributed by atoms with Gasteiger partial charge < -0.3 is 10.1 Å². The van der Waals surface area contributed by atoms with Crippen LogP contribution in [0.25, 0.3) is 0 Å². The van der Waals surface area contributed by atoms with Crippen molar-refractivity contribution in [1.29, 1.82) is 0 Å². The van der Waals surface area contributed by atoms with Crippen LogP contribution >= 0.6 is 23.2 Å². The number of halogens is 2. The highest BCUT2D eigenvalue weighted by atomic mass is 35.5. The van der Waals surface area contributed by atoms with Crippen molar-refractivity contribution >= 4 is 23.2 Å². The fourth-order valence-electron chi connectivity index (χ4n) is 1.62. The van der Waals surface area contributed by atoms with Crippen molar-refractivity contribution < 1.29 is 4.74 Å². The second-order valence-electron chi connectivity index (χ2n) is 4.01. The molecule has 0 aliphatic heterocycles. The molecule has 0 amide bonds. The maximum absolute atomic E-state index is 5.92. The Bertz CT molecular complexity index is 311. The fourth-order valence-corrected chi connectivity index (χ4v) is 2.19. The second kappa shape index (κ2) is 8.76. The molecule has 0 atom stereocenters. The number of nitrogens with one attached hydrogen (secondary N) is 1. The van der Waals surface area contributed by atoms with Crippen LogP contribution in [0.4, 0.5) is 0 Å². The number of methoxy groups -OCH3 is 1. The fraction of sp³-hybridized carbons (Fsp3) is 0.538. The Labute approximate surface area is 113 Å². The van der Waals surface area contributed by atoms with Gasteiger partial charge in [-0.15, -0.1) is 0 Å². The quantitative estimate of drug-likeness (QED) is 0.727. The molecule has 0 saturated carbocycles. The normalized spacial score (nSPS) is 10.8. The van der Waals surface area contributed by atoms with E-state index in [0.717, 1.165) is 38.1 Å². The molecule has 0 aliphatic carbocycles. The first-order valence-electron chi connectivity index (χ1n) is 5.87. The Balaban J connectivity index is 2.13. The second-order valence-corrected chi connectivity index (χ2v) is 4.88. The van der Waals surface area contributed by atoms with Gasteiger partial charge in [-0.05, 0) is 49.6 Å². The molecular weight excluding hydrogens is 257 g/mol. The van der Waals surface area contributed by atoms with Crippen molar-refractivity contribution in [2.75, 3.05) is 20.3 Å². The van der Waals surface area contributed by atoms with Gasteiger partial charge in [-0.1, -0.05) is 23.2 Å². The topological polar surface area (TPSA) is 21.3 Å². The van der Waals surface area contributed by atoms with E-state index in [1.165, 1.54) is 6.42 Å². The molecule has 1 aromatic rings. The number of benzene rings is 1. The maximum Gasteiger partial charge on any atom is 0.0462 e. The number of unbranched alkanes of at least 4 members (excludes halogenated alkanes) is 2. The van der Waals surface area contributed by atoms with Gasteiger partial charge in [0.25, 0.3) is 0 Å². The molecule has 0 aliphatic rings. The van der Waals surface area contributed by atoms with E-state index in [1.807, 2.05) is 12.1 Å². The Morgan fingerprint density at radius 2 is 1.76 bits per heavy atom. The molecule has 4 heteroatoms. The number of hydrogen-bond acceptors (Lipinski definition) is 2. The van der Waals surface area contributed by atoms with Crippen LogP contribution in [0, 0.1) is 0 Å². The van der Waals surface area contributed by atoms with Gasteiger partial charge in [-0.2, -0.15) is 0 Å². The Morgan fingerprint density at radius 3 is 2.41 bits per heavy atom. The van der Waals surface area contributed by atoms with Crippen LogP contribution < -0.4 is 5.32 Å². The minimum absolute atomic E-state index is 0.689. The van der Waals surface area contributed by atoms with Gasteiger partial charge in [0.05, 0.1) is 0 Å². The van der Waals surface area contributed by atoms with Gasteiger partial charge in [0.1, 0.15) is 0 Å². The summed E-state index contributed by atoms with van der Waals surface area (Å²) in [4.78, 5) is 0. The Hall–Kier alpha value is -0.280. The Kier molecular flexibility index (Phi) is 7.62. The minimum Gasteiger partial charge on any atom is -0.385 e. The molecule has 1 N–H and O–H groups in total. The average Bonchev–Trinajstić information content (AvgIpc) is 2.26. The van der Waals surface area contributed by atoms with Crippen LogP contribution in [0.1, 0.15) is 24.8 Å². The molecule has 0 spiro atoms. The van der Waals surface area contributed by atoms with Gasteiger partial charge in [0, 0.05) is 30.3 Å². The highest BCUT2D eigenvalue weighted by molar-refractivity contribution is 6.34. The summed E-state index contributed by atoms with van der Waals surface area (Å²) in [6.45, 7) is 2.67. The standard InChI is InChI=1S/C13H19Cl2NO/c1-17-6-4-2-3-5-16-10-11-7-12(14)9-13(15)8-11/h7-9,16H,2-6,10H2,1H3. The molecule has 96 valence electrons. The highest BCUT2D eigenvalue weighted by Crippen LogP contribution is 2.18. The molecule has 1 aromatic carbocycles. The summed E-state index contributed by atoms with van der Waals surface area (Å²) in [5.41, 5.74) is 1.12. The summed E-state index contributed by atoms with van der Waals surface area (Å²) in [5.74, 6) is 0. The third-order valence-corrected chi connectivity index (χ3v) is 2.89. The lowest BCUT2D eigenvalue weighted by Crippen LogP contribution is -2.14. The van der Waals surface area contributed by atoms with Crippen LogP contribution in [0.5, 0.6) is 0 Å². The van der Waals surface area contributed by atoms with Gasteiger partial charge in [0.15, 0.2) is 0 Å². The van der Waals surface area contributed by atoms with E-state index in [4.69, 9.17) is 27.9 Å². The first-order chi connectivity index (χ1) is 8.22. The lowest BCUT2D eigenvalue weighted by Gasteiger charge is -2.06. The molecule has 0 fully saturated rings. The summed E-state index contributed by atoms with van der Waals surface area (Å²) in [6, 6.07) is 5.62. The lowest BCUT2D eigenvalue weighted by atomic mass is 10.2. The zero-order chi connectivity index (χ0) is 12.5. The van der Waals surface area contributed by atoms with Crippen LogP contribution in [0.2, 0.25) is 10.0 Å². The molecule has 2 nitrogen and oxygen atoms in total. The van der Waals surface area contributed by atoms with E-state index in [9.17, 15) is 0 Å². The molecule has 0 aromatic heterocycles. The van der Waals surface area contributed by atoms with E-state index in [-0.39, 0.29) is 0 Å². The van der Waals surface area contributed by atoms with Crippen LogP contribution in [-0.4, -0.2) is 20.3 Å².